The Morgan fingerprint density at radius 1 is 1.45 bits per heavy atom. The Morgan fingerprint density at radius 3 is 2.95 bits per heavy atom. The highest BCUT2D eigenvalue weighted by Gasteiger charge is 2.16. The second-order valence-corrected chi connectivity index (χ2v) is 4.96. The summed E-state index contributed by atoms with van der Waals surface area (Å²) in [6, 6.07) is 4.62. The topological polar surface area (TPSA) is 55.9 Å². The van der Waals surface area contributed by atoms with E-state index in [1.165, 1.54) is 12.1 Å². The summed E-state index contributed by atoms with van der Waals surface area (Å²) < 4.78 is 15.5. The quantitative estimate of drug-likeness (QED) is 0.629. The number of hydrogen-bond donors (Lipinski definition) is 2. The van der Waals surface area contributed by atoms with Gasteiger partial charge in [-0.05, 0) is 36.6 Å². The van der Waals surface area contributed by atoms with Crippen LogP contribution in [0.25, 0.3) is 0 Å². The molecule has 0 spiro atoms. The van der Waals surface area contributed by atoms with Gasteiger partial charge in [-0.3, -0.25) is 11.3 Å². The summed E-state index contributed by atoms with van der Waals surface area (Å²) in [7, 11) is 0. The van der Waals surface area contributed by atoms with Gasteiger partial charge in [0.15, 0.2) is 0 Å². The van der Waals surface area contributed by atoms with Gasteiger partial charge in [-0.25, -0.2) is 9.37 Å². The summed E-state index contributed by atoms with van der Waals surface area (Å²) in [5.74, 6) is 6.36. The van der Waals surface area contributed by atoms with Gasteiger partial charge in [-0.15, -0.1) is 0 Å². The minimum atomic E-state index is -0.247. The van der Waals surface area contributed by atoms with Crippen LogP contribution < -0.4 is 11.3 Å². The lowest BCUT2D eigenvalue weighted by Crippen LogP contribution is -2.31. The Balaban J connectivity index is 2.24. The lowest BCUT2D eigenvalue weighted by molar-refractivity contribution is 0.511. The summed E-state index contributed by atoms with van der Waals surface area (Å²) in [5.41, 5.74) is 4.66. The number of aromatic nitrogens is 2. The van der Waals surface area contributed by atoms with Gasteiger partial charge >= 0.3 is 0 Å². The number of halogens is 1. The average molecular weight is 276 g/mol. The minimum Gasteiger partial charge on any atom is -0.335 e. The van der Waals surface area contributed by atoms with Gasteiger partial charge in [-0.2, -0.15) is 0 Å². The predicted octanol–water partition coefficient (Wildman–Crippen LogP) is 2.49. The van der Waals surface area contributed by atoms with E-state index in [1.807, 2.05) is 13.1 Å². The molecule has 5 heteroatoms. The van der Waals surface area contributed by atoms with E-state index in [0.717, 1.165) is 29.9 Å². The van der Waals surface area contributed by atoms with Crippen LogP contribution in [0.4, 0.5) is 4.39 Å². The van der Waals surface area contributed by atoms with Gasteiger partial charge in [-0.1, -0.05) is 13.0 Å². The van der Waals surface area contributed by atoms with E-state index < -0.39 is 0 Å². The van der Waals surface area contributed by atoms with Crippen LogP contribution in [0.1, 0.15) is 36.3 Å². The van der Waals surface area contributed by atoms with E-state index in [4.69, 9.17) is 5.84 Å². The monoisotopic (exact) mass is 276 g/mol. The van der Waals surface area contributed by atoms with E-state index in [2.05, 4.69) is 21.9 Å². The summed E-state index contributed by atoms with van der Waals surface area (Å²) in [5, 5.41) is 0. The maximum Gasteiger partial charge on any atom is 0.123 e. The lowest BCUT2D eigenvalue weighted by atomic mass is 9.99. The van der Waals surface area contributed by atoms with Gasteiger partial charge in [0.1, 0.15) is 11.6 Å². The molecule has 0 bridgehead atoms. The molecule has 0 radical (unpaired) electrons. The van der Waals surface area contributed by atoms with Gasteiger partial charge in [0.2, 0.25) is 0 Å². The van der Waals surface area contributed by atoms with Gasteiger partial charge < -0.3 is 4.57 Å². The zero-order valence-electron chi connectivity index (χ0n) is 11.9. The highest BCUT2D eigenvalue weighted by atomic mass is 19.1. The smallest absolute Gasteiger partial charge is 0.123 e. The first-order chi connectivity index (χ1) is 9.65. The molecule has 4 nitrogen and oxygen atoms in total. The van der Waals surface area contributed by atoms with E-state index >= 15 is 0 Å². The number of aryl methyl sites for hydroxylation is 2. The molecule has 20 heavy (non-hydrogen) atoms. The van der Waals surface area contributed by atoms with Crippen molar-refractivity contribution in [2.45, 2.75) is 39.3 Å². The second kappa shape index (κ2) is 6.63. The lowest BCUT2D eigenvalue weighted by Gasteiger charge is -2.19. The van der Waals surface area contributed by atoms with Crippen molar-refractivity contribution in [3.63, 3.8) is 0 Å². The fourth-order valence-corrected chi connectivity index (χ4v) is 2.40. The van der Waals surface area contributed by atoms with Crippen molar-refractivity contribution in [3.8, 4) is 0 Å². The number of rotatable bonds is 6. The van der Waals surface area contributed by atoms with E-state index in [0.29, 0.717) is 6.42 Å². The first-order valence-corrected chi connectivity index (χ1v) is 6.88. The molecule has 0 saturated heterocycles. The molecule has 108 valence electrons. The second-order valence-electron chi connectivity index (χ2n) is 4.96. The molecule has 1 unspecified atom stereocenters. The first kappa shape index (κ1) is 14.7. The molecule has 0 aliphatic carbocycles. The normalized spacial score (nSPS) is 12.6. The molecule has 0 aliphatic rings. The molecule has 0 amide bonds. The SMILES string of the molecule is CCCn1ccnc1CC(NN)c1cc(F)ccc1C. The predicted molar refractivity (Wildman–Crippen MR) is 77.4 cm³/mol. The molecule has 1 heterocycles. The zero-order chi connectivity index (χ0) is 14.5. The van der Waals surface area contributed by atoms with E-state index in [-0.39, 0.29) is 11.9 Å². The summed E-state index contributed by atoms with van der Waals surface area (Å²) in [6.45, 7) is 5.01. The van der Waals surface area contributed by atoms with Gasteiger partial charge in [0.05, 0.1) is 6.04 Å². The summed E-state index contributed by atoms with van der Waals surface area (Å²) in [4.78, 5) is 4.37. The molecule has 2 rings (SSSR count). The largest absolute Gasteiger partial charge is 0.335 e. The molecule has 0 saturated carbocycles. The van der Waals surface area contributed by atoms with Gasteiger partial charge in [0, 0.05) is 25.4 Å². The summed E-state index contributed by atoms with van der Waals surface area (Å²) in [6.07, 6.45) is 5.43. The number of nitrogens with one attached hydrogen (secondary N) is 1. The van der Waals surface area contributed by atoms with E-state index in [9.17, 15) is 4.39 Å². The van der Waals surface area contributed by atoms with Crippen LogP contribution in [-0.4, -0.2) is 9.55 Å². The Bertz CT molecular complexity index is 565. The Morgan fingerprint density at radius 2 is 2.25 bits per heavy atom. The number of hydrazine groups is 1. The van der Waals surface area contributed by atoms with Crippen LogP contribution in [0.2, 0.25) is 0 Å². The number of imidazole rings is 1. The van der Waals surface area contributed by atoms with Crippen molar-refractivity contribution in [2.75, 3.05) is 0 Å². The van der Waals surface area contributed by atoms with E-state index in [1.54, 1.807) is 12.3 Å². The number of nitrogens with zero attached hydrogens (tertiary/aromatic N) is 2. The van der Waals surface area contributed by atoms with Crippen molar-refractivity contribution in [1.82, 2.24) is 15.0 Å². The molecular weight excluding hydrogens is 255 g/mol. The number of hydrogen-bond acceptors (Lipinski definition) is 3. The van der Waals surface area contributed by atoms with Crippen molar-refractivity contribution in [1.29, 1.82) is 0 Å². The molecule has 1 aromatic carbocycles. The fraction of sp³-hybridized carbons (Fsp3) is 0.400. The Kier molecular flexibility index (Phi) is 4.87. The highest BCUT2D eigenvalue weighted by molar-refractivity contribution is 5.30. The number of nitrogens with two attached hydrogens (primary N) is 1. The minimum absolute atomic E-state index is 0.149. The molecule has 2 aromatic rings. The van der Waals surface area contributed by atoms with Crippen LogP contribution in [0.3, 0.4) is 0 Å². The summed E-state index contributed by atoms with van der Waals surface area (Å²) >= 11 is 0. The van der Waals surface area contributed by atoms with Crippen LogP contribution in [0.5, 0.6) is 0 Å². The molecule has 0 aliphatic heterocycles. The molecular formula is C15H21FN4. The third-order valence-corrected chi connectivity index (χ3v) is 3.47. The molecule has 1 atom stereocenters. The molecule has 1 aromatic heterocycles. The molecule has 0 fully saturated rings. The van der Waals surface area contributed by atoms with Crippen LogP contribution >= 0.6 is 0 Å². The van der Waals surface area contributed by atoms with Crippen LogP contribution in [-0.2, 0) is 13.0 Å². The third-order valence-electron chi connectivity index (χ3n) is 3.47. The standard InChI is InChI=1S/C15H21FN4/c1-3-7-20-8-6-18-15(20)10-14(19-17)13-9-12(16)5-4-11(13)2/h4-6,8-9,14,19H,3,7,10,17H2,1-2H3. The fourth-order valence-electron chi connectivity index (χ4n) is 2.40. The maximum atomic E-state index is 13.4. The molecule has 3 N–H and O–H groups in total. The van der Waals surface area contributed by atoms with Crippen molar-refractivity contribution < 1.29 is 4.39 Å². The Hall–Kier alpha value is -1.72. The van der Waals surface area contributed by atoms with Crippen LogP contribution in [0, 0.1) is 12.7 Å². The van der Waals surface area contributed by atoms with Crippen molar-refractivity contribution >= 4 is 0 Å². The van der Waals surface area contributed by atoms with Crippen molar-refractivity contribution in [3.05, 3.63) is 53.4 Å². The third kappa shape index (κ3) is 3.23. The van der Waals surface area contributed by atoms with Crippen molar-refractivity contribution in [2.24, 2.45) is 5.84 Å². The zero-order valence-corrected chi connectivity index (χ0v) is 11.9. The van der Waals surface area contributed by atoms with Gasteiger partial charge in [0.25, 0.3) is 0 Å². The van der Waals surface area contributed by atoms with Crippen LogP contribution in [0.15, 0.2) is 30.6 Å². The average Bonchev–Trinajstić information content (AvgIpc) is 2.87. The number of benzene rings is 1. The maximum absolute atomic E-state index is 13.4. The highest BCUT2D eigenvalue weighted by Crippen LogP contribution is 2.21. The Labute approximate surface area is 118 Å². The first-order valence-electron chi connectivity index (χ1n) is 6.88.